The molecule has 7 nitrogen and oxygen atoms in total. The second-order valence-electron chi connectivity index (χ2n) is 11.5. The van der Waals surface area contributed by atoms with Crippen LogP contribution < -0.4 is 21.6 Å². The fraction of sp³-hybridized carbons (Fsp3) is 0.379. The first kappa shape index (κ1) is 25.7. The molecule has 5 rings (SSSR count). The number of nitrogens with zero attached hydrogens (tertiary/aromatic N) is 3. The number of rotatable bonds is 7. The molecule has 2 aliphatic rings. The van der Waals surface area contributed by atoms with Crippen molar-refractivity contribution >= 4 is 22.3 Å². The second kappa shape index (κ2) is 9.44. The molecule has 3 aromatic rings. The maximum Gasteiger partial charge on any atom is 0.213 e. The number of aryl methyl sites for hydroxylation is 1. The van der Waals surface area contributed by atoms with Crippen molar-refractivity contribution in [3.05, 3.63) is 70.9 Å². The van der Waals surface area contributed by atoms with E-state index in [1.807, 2.05) is 17.3 Å². The lowest BCUT2D eigenvalue weighted by atomic mass is 9.96. The number of benzene rings is 1. The molecule has 38 heavy (non-hydrogen) atoms. The molecule has 1 fully saturated rings. The summed E-state index contributed by atoms with van der Waals surface area (Å²) in [6.45, 7) is 10.9. The van der Waals surface area contributed by atoms with Crippen LogP contribution in [0.3, 0.4) is 0 Å². The summed E-state index contributed by atoms with van der Waals surface area (Å²) in [6.07, 6.45) is 11.4. The van der Waals surface area contributed by atoms with Crippen molar-refractivity contribution in [3.8, 4) is 12.3 Å². The fourth-order valence-corrected chi connectivity index (χ4v) is 4.52. The molecular weight excluding hydrogens is 484 g/mol. The summed E-state index contributed by atoms with van der Waals surface area (Å²) in [5.41, 5.74) is 10.5. The lowest BCUT2D eigenvalue weighted by Crippen LogP contribution is -2.43. The van der Waals surface area contributed by atoms with Gasteiger partial charge < -0.3 is 16.1 Å². The van der Waals surface area contributed by atoms with Crippen molar-refractivity contribution in [2.45, 2.75) is 59.0 Å². The summed E-state index contributed by atoms with van der Waals surface area (Å²) in [5, 5.41) is 9.50. The van der Waals surface area contributed by atoms with Gasteiger partial charge in [0.25, 0.3) is 0 Å². The minimum atomic E-state index is -0.553. The second-order valence-corrected chi connectivity index (χ2v) is 11.5. The normalized spacial score (nSPS) is 17.0. The van der Waals surface area contributed by atoms with Gasteiger partial charge >= 0.3 is 0 Å². The monoisotopic (exact) mass is 517 g/mol. The Hall–Kier alpha value is -3.90. The van der Waals surface area contributed by atoms with Gasteiger partial charge in [-0.1, -0.05) is 32.8 Å². The molecule has 1 aromatic carbocycles. The highest BCUT2D eigenvalue weighted by atomic mass is 19.1. The van der Waals surface area contributed by atoms with Gasteiger partial charge in [-0.3, -0.25) is 9.99 Å². The van der Waals surface area contributed by atoms with Crippen molar-refractivity contribution in [2.24, 2.45) is 5.41 Å². The molecule has 1 aliphatic heterocycles. The number of fused-ring (bicyclic) bond motifs is 1. The van der Waals surface area contributed by atoms with Crippen LogP contribution in [0.25, 0.3) is 10.9 Å². The molecule has 1 aliphatic carbocycles. The van der Waals surface area contributed by atoms with E-state index in [4.69, 9.17) is 6.42 Å². The summed E-state index contributed by atoms with van der Waals surface area (Å²) < 4.78 is 29.3. The lowest BCUT2D eigenvalue weighted by Gasteiger charge is -2.24. The van der Waals surface area contributed by atoms with Gasteiger partial charge in [0.2, 0.25) is 5.95 Å². The maximum atomic E-state index is 15.4. The number of nitrogens with one attached hydrogen (secondary N) is 4. The molecule has 0 spiro atoms. The van der Waals surface area contributed by atoms with E-state index < -0.39 is 17.8 Å². The molecule has 1 saturated carbocycles. The van der Waals surface area contributed by atoms with Gasteiger partial charge in [-0.15, -0.1) is 12.0 Å². The lowest BCUT2D eigenvalue weighted by molar-refractivity contribution is 0.190. The number of aromatic nitrogens is 2. The van der Waals surface area contributed by atoms with Gasteiger partial charge in [-0.25, -0.2) is 9.37 Å². The fourth-order valence-electron chi connectivity index (χ4n) is 4.52. The van der Waals surface area contributed by atoms with E-state index in [9.17, 15) is 4.39 Å². The van der Waals surface area contributed by atoms with E-state index in [0.717, 1.165) is 24.1 Å². The zero-order valence-electron chi connectivity index (χ0n) is 22.3. The molecule has 4 N–H and O–H groups in total. The third-order valence-corrected chi connectivity index (χ3v) is 7.05. The first-order chi connectivity index (χ1) is 18.0. The van der Waals surface area contributed by atoms with Gasteiger partial charge in [0, 0.05) is 41.3 Å². The van der Waals surface area contributed by atoms with Crippen LogP contribution in [0.2, 0.25) is 0 Å². The topological polar surface area (TPSA) is 77.1 Å². The number of terminal acetylenes is 1. The zero-order chi connectivity index (χ0) is 27.2. The van der Waals surface area contributed by atoms with Crippen molar-refractivity contribution in [2.75, 3.05) is 17.2 Å². The van der Waals surface area contributed by atoms with Crippen molar-refractivity contribution < 1.29 is 8.78 Å². The molecular formula is C29H33F2N7. The molecule has 9 heteroatoms. The zero-order valence-corrected chi connectivity index (χ0v) is 22.3. The first-order valence-electron chi connectivity index (χ1n) is 12.7. The Morgan fingerprint density at radius 1 is 1.24 bits per heavy atom. The third kappa shape index (κ3) is 5.09. The van der Waals surface area contributed by atoms with E-state index in [0.29, 0.717) is 34.6 Å². The van der Waals surface area contributed by atoms with E-state index in [1.165, 1.54) is 18.3 Å². The summed E-state index contributed by atoms with van der Waals surface area (Å²) >= 11 is 0. The smallest absolute Gasteiger partial charge is 0.213 e. The highest BCUT2D eigenvalue weighted by Gasteiger charge is 2.44. The number of anilines is 2. The van der Waals surface area contributed by atoms with Crippen LogP contribution in [-0.4, -0.2) is 27.1 Å². The van der Waals surface area contributed by atoms with Gasteiger partial charge in [-0.2, -0.15) is 4.39 Å². The van der Waals surface area contributed by atoms with Crippen LogP contribution in [0.15, 0.2) is 42.4 Å². The highest BCUT2D eigenvalue weighted by molar-refractivity contribution is 5.96. The quantitative estimate of drug-likeness (QED) is 0.243. The Bertz CT molecular complexity index is 1460. The van der Waals surface area contributed by atoms with Gasteiger partial charge in [0.1, 0.15) is 5.52 Å². The van der Waals surface area contributed by atoms with Crippen LogP contribution in [0.5, 0.6) is 0 Å². The molecule has 0 radical (unpaired) electrons. The summed E-state index contributed by atoms with van der Waals surface area (Å²) in [7, 11) is 0. The van der Waals surface area contributed by atoms with E-state index >= 15 is 4.39 Å². The maximum absolute atomic E-state index is 15.4. The molecule has 3 heterocycles. The van der Waals surface area contributed by atoms with Crippen LogP contribution in [-0.2, 0) is 0 Å². The minimum absolute atomic E-state index is 0.0221. The third-order valence-electron chi connectivity index (χ3n) is 7.05. The highest BCUT2D eigenvalue weighted by Crippen LogP contribution is 2.42. The predicted octanol–water partition coefficient (Wildman–Crippen LogP) is 5.53. The van der Waals surface area contributed by atoms with E-state index in [-0.39, 0.29) is 16.5 Å². The molecule has 0 amide bonds. The summed E-state index contributed by atoms with van der Waals surface area (Å²) in [4.78, 5) is 8.33. The van der Waals surface area contributed by atoms with Crippen LogP contribution in [0, 0.1) is 36.4 Å². The minimum Gasteiger partial charge on any atom is -0.383 e. The largest absolute Gasteiger partial charge is 0.383 e. The van der Waals surface area contributed by atoms with Gasteiger partial charge in [0.15, 0.2) is 5.82 Å². The Balaban J connectivity index is 1.58. The molecule has 0 saturated heterocycles. The number of hydrogen-bond acceptors (Lipinski definition) is 7. The Morgan fingerprint density at radius 3 is 2.66 bits per heavy atom. The molecule has 1 atom stereocenters. The van der Waals surface area contributed by atoms with Crippen LogP contribution >= 0.6 is 0 Å². The SMILES string of the molecule is C#Cc1cnc2c(F)cc(N[C@H](C3=CN(C4(C)CC4)NN3)c3ccc(F)nc3C)cc2c1NCC(C)(C)C. The predicted molar refractivity (Wildman–Crippen MR) is 147 cm³/mol. The number of halogens is 2. The van der Waals surface area contributed by atoms with E-state index in [1.54, 1.807) is 13.0 Å². The molecule has 0 unspecified atom stereocenters. The number of hydrazine groups is 2. The van der Waals surface area contributed by atoms with Crippen molar-refractivity contribution in [1.29, 1.82) is 0 Å². The van der Waals surface area contributed by atoms with E-state index in [2.05, 4.69) is 65.2 Å². The van der Waals surface area contributed by atoms with Crippen molar-refractivity contribution in [1.82, 2.24) is 25.9 Å². The molecule has 2 aromatic heterocycles. The molecule has 0 bridgehead atoms. The van der Waals surface area contributed by atoms with Gasteiger partial charge in [0.05, 0.1) is 28.5 Å². The van der Waals surface area contributed by atoms with Crippen LogP contribution in [0.1, 0.15) is 63.4 Å². The average molecular weight is 518 g/mol. The Kier molecular flexibility index (Phi) is 6.40. The summed E-state index contributed by atoms with van der Waals surface area (Å²) in [6, 6.07) is 5.83. The molecule has 198 valence electrons. The average Bonchev–Trinajstić information content (AvgIpc) is 3.40. The number of hydrogen-bond donors (Lipinski definition) is 4. The number of pyridine rings is 2. The first-order valence-corrected chi connectivity index (χ1v) is 12.7. The van der Waals surface area contributed by atoms with Gasteiger partial charge in [-0.05, 0) is 50.3 Å². The summed E-state index contributed by atoms with van der Waals surface area (Å²) in [5.74, 6) is 1.64. The van der Waals surface area contributed by atoms with Crippen LogP contribution in [0.4, 0.5) is 20.2 Å². The standard InChI is InChI=1S/C29H33F2N7/c1-7-18-14-32-26-21(25(18)33-16-28(3,4)5)12-19(13-22(26)30)35-27(20-8-9-24(31)34-17(20)2)23-15-38(37-36-23)29(6)10-11-29/h1,8-9,12-15,27,35-37H,10-11,16H2,2-6H3,(H,32,33)/t27-/m0/s1. The van der Waals surface area contributed by atoms with Crippen molar-refractivity contribution in [3.63, 3.8) is 0 Å². The Morgan fingerprint density at radius 2 is 2.00 bits per heavy atom. The Labute approximate surface area is 222 Å².